The van der Waals surface area contributed by atoms with E-state index in [0.29, 0.717) is 10.6 Å². The van der Waals surface area contributed by atoms with Gasteiger partial charge in [-0.05, 0) is 29.8 Å². The highest BCUT2D eigenvalue weighted by Gasteiger charge is 2.35. The highest BCUT2D eigenvalue weighted by Crippen LogP contribution is 2.28. The lowest BCUT2D eigenvalue weighted by molar-refractivity contribution is -0.144. The third-order valence-electron chi connectivity index (χ3n) is 2.96. The van der Waals surface area contributed by atoms with Crippen molar-refractivity contribution in [1.82, 2.24) is 4.57 Å². The fourth-order valence-electron chi connectivity index (χ4n) is 1.99. The summed E-state index contributed by atoms with van der Waals surface area (Å²) in [5.41, 5.74) is 2.13. The average Bonchev–Trinajstić information content (AvgIpc) is 2.39. The van der Waals surface area contributed by atoms with Gasteiger partial charge in [-0.3, -0.25) is 14.2 Å². The number of rotatable bonds is 3. The predicted octanol–water partition coefficient (Wildman–Crippen LogP) is 2.15. The molecule has 2 N–H and O–H groups in total. The zero-order valence-electron chi connectivity index (χ0n) is 11.0. The summed E-state index contributed by atoms with van der Waals surface area (Å²) in [6, 6.07) is 6.13. The summed E-state index contributed by atoms with van der Waals surface area (Å²) >= 11 is 0. The zero-order valence-corrected chi connectivity index (χ0v) is 11.0. The summed E-state index contributed by atoms with van der Waals surface area (Å²) in [6.45, 7) is -0.535. The standard InChI is InChI=1S/C14H10F4N2O2/c15-9-3-1-2-8(6-9)7-20-11(14(16,17)18)5-4-10(12(19)21)13(20)22/h1-6H,7H2,(H2,19,21). The van der Waals surface area contributed by atoms with Gasteiger partial charge >= 0.3 is 6.18 Å². The predicted molar refractivity (Wildman–Crippen MR) is 69.7 cm³/mol. The Hall–Kier alpha value is -2.64. The minimum atomic E-state index is -4.80. The molecule has 0 bridgehead atoms. The van der Waals surface area contributed by atoms with Crippen LogP contribution < -0.4 is 11.3 Å². The first-order chi connectivity index (χ1) is 10.2. The number of hydrogen-bond acceptors (Lipinski definition) is 2. The SMILES string of the molecule is NC(=O)c1ccc(C(F)(F)F)n(Cc2cccc(F)c2)c1=O. The van der Waals surface area contributed by atoms with Gasteiger partial charge in [-0.15, -0.1) is 0 Å². The molecule has 1 amide bonds. The van der Waals surface area contributed by atoms with Crippen LogP contribution in [-0.2, 0) is 12.7 Å². The molecule has 4 nitrogen and oxygen atoms in total. The molecule has 1 heterocycles. The van der Waals surface area contributed by atoms with Gasteiger partial charge in [0.05, 0.1) is 6.54 Å². The van der Waals surface area contributed by atoms with Gasteiger partial charge in [-0.25, -0.2) is 4.39 Å². The van der Waals surface area contributed by atoms with Crippen molar-refractivity contribution < 1.29 is 22.4 Å². The van der Waals surface area contributed by atoms with Gasteiger partial charge in [-0.2, -0.15) is 13.2 Å². The molecule has 0 unspecified atom stereocenters. The summed E-state index contributed by atoms with van der Waals surface area (Å²) in [4.78, 5) is 23.1. The van der Waals surface area contributed by atoms with Gasteiger partial charge < -0.3 is 5.73 Å². The fourth-order valence-corrected chi connectivity index (χ4v) is 1.99. The number of hydrogen-bond donors (Lipinski definition) is 1. The van der Waals surface area contributed by atoms with E-state index in [1.165, 1.54) is 12.1 Å². The molecule has 0 radical (unpaired) electrons. The van der Waals surface area contributed by atoms with Crippen LogP contribution in [0.25, 0.3) is 0 Å². The van der Waals surface area contributed by atoms with Crippen molar-refractivity contribution in [3.8, 4) is 0 Å². The molecule has 0 fully saturated rings. The van der Waals surface area contributed by atoms with Gasteiger partial charge in [0.2, 0.25) is 0 Å². The molecular formula is C14H10F4N2O2. The number of carbonyl (C=O) groups excluding carboxylic acids is 1. The largest absolute Gasteiger partial charge is 0.431 e. The number of carbonyl (C=O) groups is 1. The maximum Gasteiger partial charge on any atom is 0.431 e. The molecule has 2 aromatic rings. The first-order valence-electron chi connectivity index (χ1n) is 6.05. The zero-order chi connectivity index (χ0) is 16.5. The first kappa shape index (κ1) is 15.7. The Balaban J connectivity index is 2.63. The summed E-state index contributed by atoms with van der Waals surface area (Å²) in [7, 11) is 0. The third-order valence-corrected chi connectivity index (χ3v) is 2.96. The number of primary amides is 1. The molecule has 0 aliphatic carbocycles. The molecule has 0 aliphatic rings. The van der Waals surface area contributed by atoms with Crippen molar-refractivity contribution >= 4 is 5.91 Å². The highest BCUT2D eigenvalue weighted by molar-refractivity contribution is 5.92. The third kappa shape index (κ3) is 3.16. The van der Waals surface area contributed by atoms with Crippen molar-refractivity contribution in [1.29, 1.82) is 0 Å². The minimum Gasteiger partial charge on any atom is -0.365 e. The number of amides is 1. The summed E-state index contributed by atoms with van der Waals surface area (Å²) in [5, 5.41) is 0. The second kappa shape index (κ2) is 5.63. The van der Waals surface area contributed by atoms with E-state index < -0.39 is 41.3 Å². The maximum absolute atomic E-state index is 13.1. The molecule has 1 aromatic heterocycles. The van der Waals surface area contributed by atoms with E-state index in [2.05, 4.69) is 0 Å². The van der Waals surface area contributed by atoms with E-state index >= 15 is 0 Å². The van der Waals surface area contributed by atoms with Crippen LogP contribution in [0, 0.1) is 5.82 Å². The lowest BCUT2D eigenvalue weighted by atomic mass is 10.1. The molecule has 0 aliphatic heterocycles. The Bertz CT molecular complexity index is 781. The van der Waals surface area contributed by atoms with Crippen LogP contribution >= 0.6 is 0 Å². The molecular weight excluding hydrogens is 304 g/mol. The quantitative estimate of drug-likeness (QED) is 0.882. The Morgan fingerprint density at radius 1 is 1.18 bits per heavy atom. The molecule has 22 heavy (non-hydrogen) atoms. The lowest BCUT2D eigenvalue weighted by Crippen LogP contribution is -2.34. The molecule has 0 spiro atoms. The Labute approximate surface area is 121 Å². The Kier molecular flexibility index (Phi) is 4.03. The topological polar surface area (TPSA) is 65.1 Å². The number of benzene rings is 1. The van der Waals surface area contributed by atoms with Crippen molar-refractivity contribution in [2.24, 2.45) is 5.73 Å². The van der Waals surface area contributed by atoms with Crippen LogP contribution in [0.15, 0.2) is 41.2 Å². The van der Waals surface area contributed by atoms with Gasteiger partial charge in [-0.1, -0.05) is 12.1 Å². The van der Waals surface area contributed by atoms with Crippen LogP contribution in [0.1, 0.15) is 21.6 Å². The number of aromatic nitrogens is 1. The van der Waals surface area contributed by atoms with Crippen LogP contribution in [0.4, 0.5) is 17.6 Å². The number of alkyl halides is 3. The van der Waals surface area contributed by atoms with Crippen LogP contribution in [0.2, 0.25) is 0 Å². The average molecular weight is 314 g/mol. The Morgan fingerprint density at radius 3 is 2.41 bits per heavy atom. The molecule has 2 rings (SSSR count). The Morgan fingerprint density at radius 2 is 1.86 bits per heavy atom. The number of halogens is 4. The van der Waals surface area contributed by atoms with Crippen molar-refractivity contribution in [3.05, 3.63) is 69.4 Å². The van der Waals surface area contributed by atoms with E-state index in [-0.39, 0.29) is 5.56 Å². The molecule has 116 valence electrons. The van der Waals surface area contributed by atoms with Gasteiger partial charge in [0.15, 0.2) is 0 Å². The van der Waals surface area contributed by atoms with Gasteiger partial charge in [0.1, 0.15) is 17.1 Å². The number of nitrogens with two attached hydrogens (primary N) is 1. The summed E-state index contributed by atoms with van der Waals surface area (Å²) in [5.74, 6) is -1.78. The maximum atomic E-state index is 13.1. The second-order valence-corrected chi connectivity index (χ2v) is 4.52. The minimum absolute atomic E-state index is 0.147. The van der Waals surface area contributed by atoms with E-state index in [1.807, 2.05) is 0 Å². The first-order valence-corrected chi connectivity index (χ1v) is 6.05. The lowest BCUT2D eigenvalue weighted by Gasteiger charge is -2.16. The highest BCUT2D eigenvalue weighted by atomic mass is 19.4. The molecule has 8 heteroatoms. The molecule has 0 saturated heterocycles. The van der Waals surface area contributed by atoms with E-state index in [4.69, 9.17) is 5.73 Å². The van der Waals surface area contributed by atoms with Gasteiger partial charge in [0.25, 0.3) is 11.5 Å². The van der Waals surface area contributed by atoms with E-state index in [0.717, 1.165) is 18.2 Å². The van der Waals surface area contributed by atoms with Gasteiger partial charge in [0, 0.05) is 0 Å². The fraction of sp³-hybridized carbons (Fsp3) is 0.143. The van der Waals surface area contributed by atoms with E-state index in [1.54, 1.807) is 0 Å². The van der Waals surface area contributed by atoms with Crippen molar-refractivity contribution in [2.45, 2.75) is 12.7 Å². The van der Waals surface area contributed by atoms with Crippen LogP contribution in [0.3, 0.4) is 0 Å². The summed E-state index contributed by atoms with van der Waals surface area (Å²) < 4.78 is 52.5. The second-order valence-electron chi connectivity index (χ2n) is 4.52. The van der Waals surface area contributed by atoms with Crippen molar-refractivity contribution in [3.63, 3.8) is 0 Å². The van der Waals surface area contributed by atoms with Crippen LogP contribution in [-0.4, -0.2) is 10.5 Å². The molecule has 1 aromatic carbocycles. The van der Waals surface area contributed by atoms with Crippen molar-refractivity contribution in [2.75, 3.05) is 0 Å². The smallest absolute Gasteiger partial charge is 0.365 e. The van der Waals surface area contributed by atoms with E-state index in [9.17, 15) is 27.2 Å². The number of nitrogens with zero attached hydrogens (tertiary/aromatic N) is 1. The molecule has 0 saturated carbocycles. The summed E-state index contributed by atoms with van der Waals surface area (Å²) in [6.07, 6.45) is -4.80. The monoisotopic (exact) mass is 314 g/mol. The molecule has 0 atom stereocenters. The number of pyridine rings is 1. The normalized spacial score (nSPS) is 11.5. The van der Waals surface area contributed by atoms with Crippen LogP contribution in [0.5, 0.6) is 0 Å².